The molecule has 0 atom stereocenters. The van der Waals surface area contributed by atoms with Crippen LogP contribution in [-0.4, -0.2) is 0 Å². The normalized spacial score (nSPS) is 8.00. The Morgan fingerprint density at radius 3 is 2.83 bits per heavy atom. The quantitative estimate of drug-likeness (QED) is 0.456. The van der Waals surface area contributed by atoms with Crippen LogP contribution >= 0.6 is 0 Å². The molecule has 0 bridgehead atoms. The Bertz CT molecular complexity index is 389. The molecular weight excluding hydrogens is 148 g/mol. The number of benzene rings is 1. The van der Waals surface area contributed by atoms with Crippen LogP contribution in [0.5, 0.6) is 0 Å². The zero-order chi connectivity index (χ0) is 8.97. The van der Waals surface area contributed by atoms with Gasteiger partial charge < -0.3 is 5.73 Å². The van der Waals surface area contributed by atoms with E-state index in [1.807, 2.05) is 25.1 Å². The Labute approximate surface area is 71.6 Å². The van der Waals surface area contributed by atoms with E-state index in [2.05, 4.69) is 11.8 Å². The molecule has 2 nitrogen and oxygen atoms in total. The van der Waals surface area contributed by atoms with Gasteiger partial charge in [-0.2, -0.15) is 5.26 Å². The molecule has 58 valence electrons. The van der Waals surface area contributed by atoms with Gasteiger partial charge in [0.15, 0.2) is 6.07 Å². The number of hydrogen-bond donors (Lipinski definition) is 1. The molecule has 0 aromatic heterocycles. The lowest BCUT2D eigenvalue weighted by Gasteiger charge is -2.00. The van der Waals surface area contributed by atoms with Crippen LogP contribution in [-0.2, 0) is 0 Å². The van der Waals surface area contributed by atoms with Gasteiger partial charge in [0.25, 0.3) is 0 Å². The van der Waals surface area contributed by atoms with Crippen molar-refractivity contribution >= 4 is 5.69 Å². The molecule has 1 aromatic carbocycles. The average Bonchev–Trinajstić information content (AvgIpc) is 2.08. The summed E-state index contributed by atoms with van der Waals surface area (Å²) >= 11 is 0. The highest BCUT2D eigenvalue weighted by atomic mass is 14.5. The smallest absolute Gasteiger partial charge is 0.152 e. The maximum Gasteiger partial charge on any atom is 0.152 e. The highest BCUT2D eigenvalue weighted by molar-refractivity contribution is 5.56. The van der Waals surface area contributed by atoms with Crippen LogP contribution in [0.25, 0.3) is 0 Å². The van der Waals surface area contributed by atoms with Gasteiger partial charge in [-0.25, -0.2) is 0 Å². The van der Waals surface area contributed by atoms with Crippen LogP contribution < -0.4 is 5.73 Å². The van der Waals surface area contributed by atoms with E-state index in [-0.39, 0.29) is 0 Å². The monoisotopic (exact) mass is 156 g/mol. The van der Waals surface area contributed by atoms with Crippen LogP contribution in [0, 0.1) is 30.1 Å². The summed E-state index contributed by atoms with van der Waals surface area (Å²) in [6.07, 6.45) is 0. The molecule has 0 aliphatic heterocycles. The summed E-state index contributed by atoms with van der Waals surface area (Å²) in [5.41, 5.74) is 8.10. The van der Waals surface area contributed by atoms with Gasteiger partial charge in [-0.05, 0) is 24.6 Å². The van der Waals surface area contributed by atoms with Crippen molar-refractivity contribution in [3.8, 4) is 17.9 Å². The number of nitrogen functional groups attached to an aromatic ring is 1. The molecule has 1 rings (SSSR count). The van der Waals surface area contributed by atoms with E-state index in [1.54, 1.807) is 6.07 Å². The lowest BCUT2D eigenvalue weighted by molar-refractivity contribution is 1.44. The van der Waals surface area contributed by atoms with E-state index >= 15 is 0 Å². The SMILES string of the molecule is Cc1c(N)cccc1C#CC#N. The molecular formula is C10H8N2. The molecule has 0 fully saturated rings. The Morgan fingerprint density at radius 1 is 1.42 bits per heavy atom. The third-order valence-electron chi connectivity index (χ3n) is 1.63. The second kappa shape index (κ2) is 3.46. The van der Waals surface area contributed by atoms with E-state index in [9.17, 15) is 0 Å². The highest BCUT2D eigenvalue weighted by Gasteiger charge is 1.96. The van der Waals surface area contributed by atoms with Gasteiger partial charge in [0.2, 0.25) is 0 Å². The molecule has 0 aliphatic rings. The summed E-state index contributed by atoms with van der Waals surface area (Å²) in [6.45, 7) is 1.89. The second-order valence-corrected chi connectivity index (χ2v) is 2.38. The first-order valence-electron chi connectivity index (χ1n) is 3.51. The molecule has 1 aromatic rings. The van der Waals surface area contributed by atoms with E-state index in [4.69, 9.17) is 11.0 Å². The predicted octanol–water partition coefficient (Wildman–Crippen LogP) is 1.45. The van der Waals surface area contributed by atoms with Crippen LogP contribution in [0.3, 0.4) is 0 Å². The molecule has 2 heteroatoms. The highest BCUT2D eigenvalue weighted by Crippen LogP contribution is 2.13. The number of nitriles is 1. The number of nitrogens with two attached hydrogens (primary N) is 1. The topological polar surface area (TPSA) is 49.8 Å². The molecule has 0 saturated heterocycles. The third-order valence-corrected chi connectivity index (χ3v) is 1.63. The zero-order valence-electron chi connectivity index (χ0n) is 6.76. The van der Waals surface area contributed by atoms with Crippen molar-refractivity contribution in [2.45, 2.75) is 6.92 Å². The predicted molar refractivity (Wildman–Crippen MR) is 48.1 cm³/mol. The number of rotatable bonds is 0. The van der Waals surface area contributed by atoms with Crippen molar-refractivity contribution in [1.29, 1.82) is 5.26 Å². The molecule has 0 spiro atoms. The maximum atomic E-state index is 8.23. The maximum absolute atomic E-state index is 8.23. The Morgan fingerprint density at radius 2 is 2.17 bits per heavy atom. The van der Waals surface area contributed by atoms with Gasteiger partial charge in [0, 0.05) is 17.2 Å². The molecule has 0 heterocycles. The fourth-order valence-electron chi connectivity index (χ4n) is 0.884. The van der Waals surface area contributed by atoms with Crippen molar-refractivity contribution in [2.24, 2.45) is 0 Å². The summed E-state index contributed by atoms with van der Waals surface area (Å²) in [5.74, 6) is 5.04. The molecule has 0 aliphatic carbocycles. The van der Waals surface area contributed by atoms with Crippen molar-refractivity contribution in [2.75, 3.05) is 5.73 Å². The minimum atomic E-state index is 0.708. The third kappa shape index (κ3) is 1.56. The van der Waals surface area contributed by atoms with Gasteiger partial charge in [0.1, 0.15) is 0 Å². The van der Waals surface area contributed by atoms with Crippen molar-refractivity contribution in [3.63, 3.8) is 0 Å². The van der Waals surface area contributed by atoms with E-state index in [0.29, 0.717) is 5.69 Å². The first-order chi connectivity index (χ1) is 5.75. The van der Waals surface area contributed by atoms with Gasteiger partial charge >= 0.3 is 0 Å². The van der Waals surface area contributed by atoms with Crippen molar-refractivity contribution in [1.82, 2.24) is 0 Å². The van der Waals surface area contributed by atoms with E-state index in [0.717, 1.165) is 11.1 Å². The Kier molecular flexibility index (Phi) is 2.35. The first kappa shape index (κ1) is 8.17. The van der Waals surface area contributed by atoms with Gasteiger partial charge in [-0.15, -0.1) is 0 Å². The summed E-state index contributed by atoms with van der Waals surface area (Å²) < 4.78 is 0. The number of nitrogens with zero attached hydrogens (tertiary/aromatic N) is 1. The van der Waals surface area contributed by atoms with Crippen LogP contribution in [0.2, 0.25) is 0 Å². The van der Waals surface area contributed by atoms with Crippen LogP contribution in [0.1, 0.15) is 11.1 Å². The number of hydrogen-bond acceptors (Lipinski definition) is 2. The minimum absolute atomic E-state index is 0.708. The summed E-state index contributed by atoms with van der Waals surface area (Å²) in [4.78, 5) is 0. The first-order valence-corrected chi connectivity index (χ1v) is 3.51. The van der Waals surface area contributed by atoms with Crippen molar-refractivity contribution in [3.05, 3.63) is 29.3 Å². The van der Waals surface area contributed by atoms with Gasteiger partial charge in [0.05, 0.1) is 0 Å². The molecule has 2 N–H and O–H groups in total. The fraction of sp³-hybridized carbons (Fsp3) is 0.100. The summed E-state index contributed by atoms with van der Waals surface area (Å²) in [7, 11) is 0. The Hall–Kier alpha value is -1.93. The second-order valence-electron chi connectivity index (χ2n) is 2.38. The summed E-state index contributed by atoms with van der Waals surface area (Å²) in [6, 6.07) is 7.24. The molecule has 0 amide bonds. The van der Waals surface area contributed by atoms with Crippen LogP contribution in [0.15, 0.2) is 18.2 Å². The lowest BCUT2D eigenvalue weighted by atomic mass is 10.1. The van der Waals surface area contributed by atoms with Crippen molar-refractivity contribution < 1.29 is 0 Å². The Balaban J connectivity index is 3.19. The lowest BCUT2D eigenvalue weighted by Crippen LogP contribution is -1.91. The average molecular weight is 156 g/mol. The van der Waals surface area contributed by atoms with E-state index < -0.39 is 0 Å². The summed E-state index contributed by atoms with van der Waals surface area (Å²) in [5, 5.41) is 8.23. The largest absolute Gasteiger partial charge is 0.398 e. The molecule has 0 saturated carbocycles. The molecule has 12 heavy (non-hydrogen) atoms. The molecule has 0 radical (unpaired) electrons. The minimum Gasteiger partial charge on any atom is -0.398 e. The fourth-order valence-corrected chi connectivity index (χ4v) is 0.884. The molecule has 0 unspecified atom stereocenters. The van der Waals surface area contributed by atoms with Gasteiger partial charge in [-0.3, -0.25) is 0 Å². The number of anilines is 1. The van der Waals surface area contributed by atoms with Crippen LogP contribution in [0.4, 0.5) is 5.69 Å². The zero-order valence-corrected chi connectivity index (χ0v) is 6.76. The van der Waals surface area contributed by atoms with E-state index in [1.165, 1.54) is 0 Å². The standard InChI is InChI=1S/C10H8N2/c1-8-9(5-3-7-11)4-2-6-10(8)12/h2,4,6H,12H2,1H3. The van der Waals surface area contributed by atoms with Gasteiger partial charge in [-0.1, -0.05) is 12.0 Å².